The van der Waals surface area contributed by atoms with Gasteiger partial charge in [0.2, 0.25) is 5.95 Å². The summed E-state index contributed by atoms with van der Waals surface area (Å²) in [7, 11) is 1.59. The lowest BCUT2D eigenvalue weighted by atomic mass is 10.0. The second-order valence-corrected chi connectivity index (χ2v) is 8.27. The zero-order valence-electron chi connectivity index (χ0n) is 19.6. The van der Waals surface area contributed by atoms with E-state index in [1.165, 1.54) is 12.1 Å². The maximum Gasteiger partial charge on any atom is 0.422 e. The summed E-state index contributed by atoms with van der Waals surface area (Å²) in [6.45, 7) is -1.27. The van der Waals surface area contributed by atoms with Gasteiger partial charge in [0.05, 0.1) is 12.7 Å². The molecule has 37 heavy (non-hydrogen) atoms. The van der Waals surface area contributed by atoms with E-state index < -0.39 is 30.5 Å². The van der Waals surface area contributed by atoms with Crippen molar-refractivity contribution in [3.63, 3.8) is 0 Å². The number of aromatic nitrogens is 3. The van der Waals surface area contributed by atoms with Crippen LogP contribution in [0, 0.1) is 0 Å². The highest BCUT2D eigenvalue weighted by Gasteiger charge is 2.31. The van der Waals surface area contributed by atoms with E-state index in [1.807, 2.05) is 18.2 Å². The number of ether oxygens (including phenoxy) is 2. The molecule has 0 unspecified atom stereocenters. The van der Waals surface area contributed by atoms with E-state index in [4.69, 9.17) is 4.74 Å². The normalized spacial score (nSPS) is 13.2. The largest absolute Gasteiger partial charge is 0.497 e. The smallest absolute Gasteiger partial charge is 0.422 e. The van der Waals surface area contributed by atoms with E-state index in [-0.39, 0.29) is 23.8 Å². The second-order valence-electron chi connectivity index (χ2n) is 8.27. The van der Waals surface area contributed by atoms with Crippen molar-refractivity contribution in [2.24, 2.45) is 0 Å². The van der Waals surface area contributed by atoms with E-state index in [0.29, 0.717) is 13.0 Å². The van der Waals surface area contributed by atoms with Crippen LogP contribution in [-0.4, -0.2) is 41.4 Å². The number of alkyl halides is 6. The Labute approximate surface area is 208 Å². The Morgan fingerprint density at radius 1 is 0.973 bits per heavy atom. The van der Waals surface area contributed by atoms with E-state index in [2.05, 4.69) is 31.1 Å². The van der Waals surface area contributed by atoms with Crippen LogP contribution in [0.2, 0.25) is 0 Å². The highest BCUT2D eigenvalue weighted by molar-refractivity contribution is 5.74. The molecule has 0 bridgehead atoms. The van der Waals surface area contributed by atoms with Crippen molar-refractivity contribution in [1.82, 2.24) is 15.0 Å². The van der Waals surface area contributed by atoms with Gasteiger partial charge in [0.25, 0.3) is 0 Å². The molecule has 1 heterocycles. The maximum absolute atomic E-state index is 13.1. The molecule has 12 heteroatoms. The molecule has 4 rings (SSSR count). The molecular weight excluding hydrogens is 502 g/mol. The van der Waals surface area contributed by atoms with Gasteiger partial charge in [-0.15, -0.1) is 0 Å². The quantitative estimate of drug-likeness (QED) is 0.353. The Morgan fingerprint density at radius 3 is 2.51 bits per heavy atom. The van der Waals surface area contributed by atoms with Crippen LogP contribution < -0.4 is 14.8 Å². The molecule has 0 spiro atoms. The van der Waals surface area contributed by atoms with Crippen molar-refractivity contribution in [3.05, 3.63) is 76.6 Å². The Balaban J connectivity index is 1.48. The lowest BCUT2D eigenvalue weighted by molar-refractivity contribution is -0.154. The molecule has 0 aliphatic heterocycles. The van der Waals surface area contributed by atoms with Crippen LogP contribution in [0.5, 0.6) is 11.8 Å². The Hall–Kier alpha value is -3.83. The van der Waals surface area contributed by atoms with Crippen molar-refractivity contribution in [3.8, 4) is 11.8 Å². The van der Waals surface area contributed by atoms with Gasteiger partial charge in [-0.2, -0.15) is 41.3 Å². The van der Waals surface area contributed by atoms with Gasteiger partial charge in [-0.3, -0.25) is 0 Å². The number of nitrogens with one attached hydrogen (secondary N) is 1. The molecule has 3 aromatic rings. The summed E-state index contributed by atoms with van der Waals surface area (Å²) in [5, 5.41) is 2.96. The topological polar surface area (TPSA) is 69.2 Å². The summed E-state index contributed by atoms with van der Waals surface area (Å²) in [4.78, 5) is 11.9. The predicted octanol–water partition coefficient (Wildman–Crippen LogP) is 5.87. The number of methoxy groups -OCH3 is 1. The fraction of sp³-hybridized carbons (Fsp3) is 0.320. The Bertz CT molecular complexity index is 1290. The minimum absolute atomic E-state index is 0.0356. The van der Waals surface area contributed by atoms with Crippen molar-refractivity contribution in [2.45, 2.75) is 31.6 Å². The van der Waals surface area contributed by atoms with Crippen LogP contribution in [0.3, 0.4) is 0 Å². The van der Waals surface area contributed by atoms with Crippen LogP contribution >= 0.6 is 0 Å². The first-order valence-corrected chi connectivity index (χ1v) is 11.2. The molecule has 0 saturated carbocycles. The molecule has 0 radical (unpaired) electrons. The molecule has 1 aliphatic carbocycles. The third-order valence-corrected chi connectivity index (χ3v) is 5.55. The summed E-state index contributed by atoms with van der Waals surface area (Å²) in [5.74, 6) is 0.686. The SMILES string of the molecule is COc1ccc2c(c1)CC=C2CCNc1nc(Cc2cccc(C(F)(F)F)c2)nc(OCC(F)(F)F)n1. The van der Waals surface area contributed by atoms with E-state index in [0.717, 1.165) is 41.0 Å². The standard InChI is InChI=1S/C25H22F6N4O2/c1-36-19-7-8-20-16(5-6-17(20)13-19)9-10-32-22-33-21(34-23(35-22)37-14-24(26,27)28)12-15-3-2-4-18(11-15)25(29,30)31/h2-5,7-8,11,13H,6,9-10,12,14H2,1H3,(H,32,33,34,35). The van der Waals surface area contributed by atoms with Crippen LogP contribution in [0.25, 0.3) is 5.57 Å². The van der Waals surface area contributed by atoms with Crippen molar-refractivity contribution in [1.29, 1.82) is 0 Å². The second kappa shape index (κ2) is 10.7. The highest BCUT2D eigenvalue weighted by atomic mass is 19.4. The molecule has 1 aromatic heterocycles. The first-order chi connectivity index (χ1) is 17.5. The summed E-state index contributed by atoms with van der Waals surface area (Å²) >= 11 is 0. The number of fused-ring (bicyclic) bond motifs is 1. The first kappa shape index (κ1) is 26.2. The third-order valence-electron chi connectivity index (χ3n) is 5.55. The summed E-state index contributed by atoms with van der Waals surface area (Å²) in [5.41, 5.74) is 2.67. The fourth-order valence-corrected chi connectivity index (χ4v) is 3.88. The van der Waals surface area contributed by atoms with Crippen molar-refractivity contribution >= 4 is 11.5 Å². The molecule has 1 N–H and O–H groups in total. The maximum atomic E-state index is 13.1. The number of hydrogen-bond acceptors (Lipinski definition) is 6. The monoisotopic (exact) mass is 524 g/mol. The fourth-order valence-electron chi connectivity index (χ4n) is 3.88. The molecular formula is C25H22F6N4O2. The summed E-state index contributed by atoms with van der Waals surface area (Å²) in [6.07, 6.45) is -5.91. The lowest BCUT2D eigenvalue weighted by Gasteiger charge is -2.12. The van der Waals surface area contributed by atoms with Gasteiger partial charge in [-0.25, -0.2) is 0 Å². The number of nitrogens with zero attached hydrogens (tertiary/aromatic N) is 3. The number of anilines is 1. The molecule has 6 nitrogen and oxygen atoms in total. The Kier molecular flexibility index (Phi) is 7.55. The number of allylic oxidation sites excluding steroid dienone is 1. The molecule has 0 saturated heterocycles. The van der Waals surface area contributed by atoms with Gasteiger partial charge in [0, 0.05) is 13.0 Å². The average Bonchev–Trinajstić information content (AvgIpc) is 3.24. The van der Waals surface area contributed by atoms with Gasteiger partial charge in [-0.05, 0) is 53.3 Å². The zero-order chi connectivity index (χ0) is 26.6. The van der Waals surface area contributed by atoms with Crippen LogP contribution in [0.1, 0.15) is 34.5 Å². The van der Waals surface area contributed by atoms with Gasteiger partial charge in [0.1, 0.15) is 11.6 Å². The molecule has 2 aromatic carbocycles. The van der Waals surface area contributed by atoms with Crippen LogP contribution in [-0.2, 0) is 19.0 Å². The summed E-state index contributed by atoms with van der Waals surface area (Å²) in [6, 6.07) is 9.76. The molecule has 0 atom stereocenters. The van der Waals surface area contributed by atoms with E-state index >= 15 is 0 Å². The van der Waals surface area contributed by atoms with Crippen molar-refractivity contribution < 1.29 is 35.8 Å². The minimum Gasteiger partial charge on any atom is -0.497 e. The molecule has 0 amide bonds. The van der Waals surface area contributed by atoms with Gasteiger partial charge >= 0.3 is 18.4 Å². The van der Waals surface area contributed by atoms with Gasteiger partial charge in [-0.1, -0.05) is 30.3 Å². The Morgan fingerprint density at radius 2 is 1.78 bits per heavy atom. The highest BCUT2D eigenvalue weighted by Crippen LogP contribution is 2.32. The van der Waals surface area contributed by atoms with Gasteiger partial charge in [0.15, 0.2) is 6.61 Å². The van der Waals surface area contributed by atoms with E-state index in [1.54, 1.807) is 7.11 Å². The first-order valence-electron chi connectivity index (χ1n) is 11.2. The number of hydrogen-bond donors (Lipinski definition) is 1. The molecule has 196 valence electrons. The third kappa shape index (κ3) is 7.11. The zero-order valence-corrected chi connectivity index (χ0v) is 19.6. The molecule has 1 aliphatic rings. The minimum atomic E-state index is -4.62. The lowest BCUT2D eigenvalue weighted by Crippen LogP contribution is -2.21. The predicted molar refractivity (Wildman–Crippen MR) is 123 cm³/mol. The molecule has 0 fully saturated rings. The van der Waals surface area contributed by atoms with Crippen molar-refractivity contribution in [2.75, 3.05) is 25.6 Å². The number of rotatable bonds is 9. The summed E-state index contributed by atoms with van der Waals surface area (Å²) < 4.78 is 87.1. The van der Waals surface area contributed by atoms with Crippen LogP contribution in [0.4, 0.5) is 32.3 Å². The van der Waals surface area contributed by atoms with Crippen LogP contribution in [0.15, 0.2) is 48.5 Å². The average molecular weight is 524 g/mol. The number of halogens is 6. The number of benzene rings is 2. The van der Waals surface area contributed by atoms with Gasteiger partial charge < -0.3 is 14.8 Å². The van der Waals surface area contributed by atoms with E-state index in [9.17, 15) is 26.3 Å².